The lowest BCUT2D eigenvalue weighted by Gasteiger charge is -2.10. The number of amides is 2. The average Bonchev–Trinajstić information content (AvgIpc) is 2.52. The van der Waals surface area contributed by atoms with Crippen molar-refractivity contribution in [3.63, 3.8) is 0 Å². The highest BCUT2D eigenvalue weighted by Gasteiger charge is 2.09. The van der Waals surface area contributed by atoms with Crippen molar-refractivity contribution >= 4 is 35.0 Å². The van der Waals surface area contributed by atoms with Crippen LogP contribution in [0.2, 0.25) is 5.02 Å². The monoisotopic (exact) mass is 332 g/mol. The molecule has 0 saturated carbocycles. The predicted molar refractivity (Wildman–Crippen MR) is 91.2 cm³/mol. The van der Waals surface area contributed by atoms with Crippen LogP contribution in [0.15, 0.2) is 42.5 Å². The first kappa shape index (κ1) is 16.8. The Morgan fingerprint density at radius 1 is 1.09 bits per heavy atom. The van der Waals surface area contributed by atoms with Gasteiger partial charge in [0.1, 0.15) is 0 Å². The van der Waals surface area contributed by atoms with Crippen molar-refractivity contribution < 1.29 is 14.3 Å². The van der Waals surface area contributed by atoms with Crippen LogP contribution in [-0.4, -0.2) is 18.6 Å². The molecule has 0 radical (unpaired) electrons. The van der Waals surface area contributed by atoms with E-state index in [0.29, 0.717) is 28.6 Å². The van der Waals surface area contributed by atoms with Crippen molar-refractivity contribution in [2.45, 2.75) is 13.8 Å². The Morgan fingerprint density at radius 3 is 2.43 bits per heavy atom. The Labute approximate surface area is 139 Å². The summed E-state index contributed by atoms with van der Waals surface area (Å²) in [5, 5.41) is 5.97. The van der Waals surface area contributed by atoms with Gasteiger partial charge in [0.05, 0.1) is 6.61 Å². The number of carbonyl (C=O) groups excluding carboxylic acids is 2. The molecular weight excluding hydrogens is 316 g/mol. The minimum atomic E-state index is -0.528. The number of rotatable bonds is 4. The fourth-order valence-electron chi connectivity index (χ4n) is 1.93. The number of ether oxygens (including phenoxy) is 1. The lowest BCUT2D eigenvalue weighted by atomic mass is 10.1. The summed E-state index contributed by atoms with van der Waals surface area (Å²) in [5.74, 6) is -0.252. The average molecular weight is 333 g/mol. The molecule has 2 N–H and O–H groups in total. The zero-order valence-electron chi connectivity index (χ0n) is 12.9. The molecule has 23 heavy (non-hydrogen) atoms. The van der Waals surface area contributed by atoms with Gasteiger partial charge in [-0.15, -0.1) is 0 Å². The Kier molecular flexibility index (Phi) is 5.60. The van der Waals surface area contributed by atoms with Gasteiger partial charge in [-0.05, 0) is 55.8 Å². The third kappa shape index (κ3) is 4.47. The molecule has 0 aromatic heterocycles. The Balaban J connectivity index is 2.05. The van der Waals surface area contributed by atoms with E-state index in [-0.39, 0.29) is 5.91 Å². The smallest absolute Gasteiger partial charge is 0.411 e. The van der Waals surface area contributed by atoms with Gasteiger partial charge in [-0.3, -0.25) is 10.1 Å². The highest BCUT2D eigenvalue weighted by atomic mass is 35.5. The van der Waals surface area contributed by atoms with E-state index in [1.165, 1.54) is 0 Å². The number of hydrogen-bond donors (Lipinski definition) is 2. The van der Waals surface area contributed by atoms with Gasteiger partial charge in [0.2, 0.25) is 0 Å². The van der Waals surface area contributed by atoms with Gasteiger partial charge in [-0.25, -0.2) is 4.79 Å². The molecule has 0 fully saturated rings. The summed E-state index contributed by atoms with van der Waals surface area (Å²) in [7, 11) is 0. The topological polar surface area (TPSA) is 67.4 Å². The van der Waals surface area contributed by atoms with Gasteiger partial charge in [0, 0.05) is 22.0 Å². The van der Waals surface area contributed by atoms with Crippen LogP contribution in [-0.2, 0) is 4.74 Å². The first-order chi connectivity index (χ1) is 11.0. The molecule has 0 aliphatic heterocycles. The lowest BCUT2D eigenvalue weighted by molar-refractivity contribution is 0.102. The molecular formula is C17H17ClN2O3. The first-order valence-corrected chi connectivity index (χ1v) is 7.49. The number of nitrogens with one attached hydrogen (secondary N) is 2. The van der Waals surface area contributed by atoms with Crippen LogP contribution in [0.1, 0.15) is 22.8 Å². The standard InChI is InChI=1S/C17H17ClN2O3/c1-3-23-17(22)19-13-9-7-12(8-10-13)16(21)20-15-6-4-5-14(18)11(15)2/h4-10H,3H2,1-2H3,(H,19,22)(H,20,21). The summed E-state index contributed by atoms with van der Waals surface area (Å²) in [6.45, 7) is 3.86. The molecule has 0 saturated heterocycles. The van der Waals surface area contributed by atoms with Crippen molar-refractivity contribution in [3.05, 3.63) is 58.6 Å². The summed E-state index contributed by atoms with van der Waals surface area (Å²) in [6, 6.07) is 11.8. The van der Waals surface area contributed by atoms with Crippen LogP contribution < -0.4 is 10.6 Å². The zero-order chi connectivity index (χ0) is 16.8. The van der Waals surface area contributed by atoms with Crippen molar-refractivity contribution in [2.24, 2.45) is 0 Å². The van der Waals surface area contributed by atoms with E-state index >= 15 is 0 Å². The first-order valence-electron chi connectivity index (χ1n) is 7.11. The predicted octanol–water partition coefficient (Wildman–Crippen LogP) is 4.47. The molecule has 2 aromatic carbocycles. The maximum atomic E-state index is 12.2. The van der Waals surface area contributed by atoms with E-state index in [1.807, 2.05) is 6.92 Å². The molecule has 2 aromatic rings. The second-order valence-electron chi connectivity index (χ2n) is 4.79. The number of benzene rings is 2. The molecule has 0 aliphatic carbocycles. The number of carbonyl (C=O) groups is 2. The number of halogens is 1. The maximum Gasteiger partial charge on any atom is 0.411 e. The zero-order valence-corrected chi connectivity index (χ0v) is 13.6. The summed E-state index contributed by atoms with van der Waals surface area (Å²) in [4.78, 5) is 23.6. The SMILES string of the molecule is CCOC(=O)Nc1ccc(C(=O)Nc2cccc(Cl)c2C)cc1. The molecule has 5 nitrogen and oxygen atoms in total. The van der Waals surface area contributed by atoms with Gasteiger partial charge in [0.15, 0.2) is 0 Å². The quantitative estimate of drug-likeness (QED) is 0.868. The van der Waals surface area contributed by atoms with E-state index < -0.39 is 6.09 Å². The van der Waals surface area contributed by atoms with Gasteiger partial charge < -0.3 is 10.1 Å². The normalized spacial score (nSPS) is 10.0. The molecule has 0 unspecified atom stereocenters. The van der Waals surface area contributed by atoms with Gasteiger partial charge in [-0.1, -0.05) is 17.7 Å². The minimum Gasteiger partial charge on any atom is -0.450 e. The molecule has 2 amide bonds. The van der Waals surface area contributed by atoms with Crippen molar-refractivity contribution in [1.82, 2.24) is 0 Å². The lowest BCUT2D eigenvalue weighted by Crippen LogP contribution is -2.14. The second kappa shape index (κ2) is 7.65. The van der Waals surface area contributed by atoms with Crippen LogP contribution in [0, 0.1) is 6.92 Å². The minimum absolute atomic E-state index is 0.252. The molecule has 0 aliphatic rings. The summed E-state index contributed by atoms with van der Waals surface area (Å²) in [6.07, 6.45) is -0.528. The molecule has 2 rings (SSSR count). The van der Waals surface area contributed by atoms with E-state index in [1.54, 1.807) is 49.4 Å². The van der Waals surface area contributed by atoms with Crippen LogP contribution in [0.3, 0.4) is 0 Å². The van der Waals surface area contributed by atoms with E-state index in [2.05, 4.69) is 10.6 Å². The Hall–Kier alpha value is -2.53. The van der Waals surface area contributed by atoms with Crippen LogP contribution in [0.4, 0.5) is 16.2 Å². The molecule has 0 heterocycles. The van der Waals surface area contributed by atoms with Crippen LogP contribution in [0.5, 0.6) is 0 Å². The van der Waals surface area contributed by atoms with Crippen molar-refractivity contribution in [1.29, 1.82) is 0 Å². The van der Waals surface area contributed by atoms with Crippen molar-refractivity contribution in [2.75, 3.05) is 17.2 Å². The van der Waals surface area contributed by atoms with Gasteiger partial charge in [-0.2, -0.15) is 0 Å². The van der Waals surface area contributed by atoms with E-state index in [9.17, 15) is 9.59 Å². The number of hydrogen-bond acceptors (Lipinski definition) is 3. The maximum absolute atomic E-state index is 12.2. The van der Waals surface area contributed by atoms with E-state index in [0.717, 1.165) is 5.56 Å². The highest BCUT2D eigenvalue weighted by molar-refractivity contribution is 6.31. The van der Waals surface area contributed by atoms with Crippen LogP contribution in [0.25, 0.3) is 0 Å². The third-order valence-electron chi connectivity index (χ3n) is 3.18. The fourth-order valence-corrected chi connectivity index (χ4v) is 2.10. The van der Waals surface area contributed by atoms with Gasteiger partial charge in [0.25, 0.3) is 5.91 Å². The summed E-state index contributed by atoms with van der Waals surface area (Å²) in [5.41, 5.74) is 2.50. The van der Waals surface area contributed by atoms with Gasteiger partial charge >= 0.3 is 6.09 Å². The molecule has 120 valence electrons. The second-order valence-corrected chi connectivity index (χ2v) is 5.20. The summed E-state index contributed by atoms with van der Waals surface area (Å²) < 4.78 is 4.79. The van der Waals surface area contributed by atoms with Crippen LogP contribution >= 0.6 is 11.6 Å². The van der Waals surface area contributed by atoms with Crippen molar-refractivity contribution in [3.8, 4) is 0 Å². The molecule has 0 spiro atoms. The van der Waals surface area contributed by atoms with E-state index in [4.69, 9.17) is 16.3 Å². The highest BCUT2D eigenvalue weighted by Crippen LogP contribution is 2.23. The molecule has 0 bridgehead atoms. The summed E-state index contributed by atoms with van der Waals surface area (Å²) >= 11 is 6.03. The molecule has 6 heteroatoms. The third-order valence-corrected chi connectivity index (χ3v) is 3.59. The fraction of sp³-hybridized carbons (Fsp3) is 0.176. The molecule has 0 atom stereocenters. The Bertz CT molecular complexity index is 714. The Morgan fingerprint density at radius 2 is 1.78 bits per heavy atom. The largest absolute Gasteiger partial charge is 0.450 e. The number of anilines is 2.